The zero-order valence-corrected chi connectivity index (χ0v) is 9.45. The van der Waals surface area contributed by atoms with Crippen molar-refractivity contribution in [3.05, 3.63) is 40.5 Å². The number of amides is 1. The molecule has 2 rings (SSSR count). The molecule has 0 saturated heterocycles. The molecule has 2 aromatic rings. The Balaban J connectivity index is 2.22. The number of rotatable bonds is 2. The molecular weight excluding hydrogens is 249 g/mol. The highest BCUT2D eigenvalue weighted by Crippen LogP contribution is 2.16. The number of halogens is 2. The Kier molecular flexibility index (Phi) is 3.06. The van der Waals surface area contributed by atoms with Gasteiger partial charge in [-0.3, -0.25) is 10.1 Å². The fraction of sp³-hybridized carbons (Fsp3) is 0.100. The molecule has 7 heteroatoms. The fourth-order valence-corrected chi connectivity index (χ4v) is 1.36. The number of anilines is 1. The van der Waals surface area contributed by atoms with Gasteiger partial charge in [-0.25, -0.2) is 4.39 Å². The monoisotopic (exact) mass is 255 g/mol. The summed E-state index contributed by atoms with van der Waals surface area (Å²) < 4.78 is 18.3. The lowest BCUT2D eigenvalue weighted by Gasteiger charge is -2.02. The van der Waals surface area contributed by atoms with E-state index in [1.54, 1.807) is 6.92 Å². The molecular formula is C10H7ClFN3O2. The third-order valence-electron chi connectivity index (χ3n) is 1.92. The topological polar surface area (TPSA) is 68.0 Å². The lowest BCUT2D eigenvalue weighted by Crippen LogP contribution is -2.14. The van der Waals surface area contributed by atoms with E-state index in [1.165, 1.54) is 12.1 Å². The highest BCUT2D eigenvalue weighted by atomic mass is 35.5. The van der Waals surface area contributed by atoms with E-state index in [4.69, 9.17) is 16.0 Å². The van der Waals surface area contributed by atoms with E-state index in [-0.39, 0.29) is 16.6 Å². The van der Waals surface area contributed by atoms with Crippen LogP contribution in [0.1, 0.15) is 16.2 Å². The van der Waals surface area contributed by atoms with Crippen LogP contribution in [0.15, 0.2) is 22.6 Å². The van der Waals surface area contributed by atoms with Crippen molar-refractivity contribution in [1.29, 1.82) is 0 Å². The Morgan fingerprint density at radius 2 is 2.24 bits per heavy atom. The van der Waals surface area contributed by atoms with Gasteiger partial charge >= 0.3 is 6.01 Å². The van der Waals surface area contributed by atoms with Crippen LogP contribution in [0.4, 0.5) is 10.4 Å². The van der Waals surface area contributed by atoms with Crippen molar-refractivity contribution in [2.24, 2.45) is 0 Å². The molecule has 5 nitrogen and oxygen atoms in total. The number of aryl methyl sites for hydroxylation is 1. The summed E-state index contributed by atoms with van der Waals surface area (Å²) in [5.41, 5.74) is -0.187. The molecule has 17 heavy (non-hydrogen) atoms. The zero-order chi connectivity index (χ0) is 12.4. The van der Waals surface area contributed by atoms with Gasteiger partial charge in [-0.05, 0) is 18.2 Å². The Bertz CT molecular complexity index is 570. The van der Waals surface area contributed by atoms with Crippen LogP contribution < -0.4 is 5.32 Å². The number of benzene rings is 1. The van der Waals surface area contributed by atoms with E-state index in [2.05, 4.69) is 15.5 Å². The molecule has 88 valence electrons. The lowest BCUT2D eigenvalue weighted by molar-refractivity contribution is 0.102. The van der Waals surface area contributed by atoms with Gasteiger partial charge in [0.25, 0.3) is 5.91 Å². The summed E-state index contributed by atoms with van der Waals surface area (Å²) in [4.78, 5) is 11.7. The molecule has 0 aliphatic rings. The Morgan fingerprint density at radius 3 is 2.88 bits per heavy atom. The highest BCUT2D eigenvalue weighted by molar-refractivity contribution is 6.31. The third kappa shape index (κ3) is 2.59. The molecule has 1 heterocycles. The maximum atomic E-state index is 13.3. The van der Waals surface area contributed by atoms with Gasteiger partial charge in [0.05, 0.1) is 5.56 Å². The van der Waals surface area contributed by atoms with Crippen molar-refractivity contribution in [3.8, 4) is 0 Å². The van der Waals surface area contributed by atoms with Crippen LogP contribution in [0.3, 0.4) is 0 Å². The van der Waals surface area contributed by atoms with Crippen molar-refractivity contribution in [3.63, 3.8) is 0 Å². The first kappa shape index (κ1) is 11.5. The molecule has 0 aliphatic heterocycles. The molecule has 0 atom stereocenters. The van der Waals surface area contributed by atoms with Gasteiger partial charge in [-0.1, -0.05) is 16.7 Å². The summed E-state index contributed by atoms with van der Waals surface area (Å²) in [7, 11) is 0. The van der Waals surface area contributed by atoms with Crippen LogP contribution in [0.5, 0.6) is 0 Å². The third-order valence-corrected chi connectivity index (χ3v) is 2.15. The molecule has 0 unspecified atom stereocenters. The van der Waals surface area contributed by atoms with Crippen molar-refractivity contribution >= 4 is 23.5 Å². The van der Waals surface area contributed by atoms with Gasteiger partial charge in [-0.2, -0.15) is 0 Å². The van der Waals surface area contributed by atoms with Gasteiger partial charge in [0.15, 0.2) is 0 Å². The van der Waals surface area contributed by atoms with Gasteiger partial charge in [0.2, 0.25) is 5.89 Å². The average Bonchev–Trinajstić information content (AvgIpc) is 2.67. The van der Waals surface area contributed by atoms with Crippen LogP contribution in [0.2, 0.25) is 5.02 Å². The predicted octanol–water partition coefficient (Wildman–Crippen LogP) is 2.42. The van der Waals surface area contributed by atoms with Gasteiger partial charge in [-0.15, -0.1) is 5.10 Å². The lowest BCUT2D eigenvalue weighted by atomic mass is 10.2. The zero-order valence-electron chi connectivity index (χ0n) is 8.70. The average molecular weight is 256 g/mol. The first-order chi connectivity index (χ1) is 8.06. The van der Waals surface area contributed by atoms with Crippen LogP contribution in [-0.2, 0) is 0 Å². The number of nitrogens with zero attached hydrogens (tertiary/aromatic N) is 2. The molecule has 0 bridgehead atoms. The number of carbonyl (C=O) groups is 1. The van der Waals surface area contributed by atoms with Crippen molar-refractivity contribution in [2.45, 2.75) is 6.92 Å². The van der Waals surface area contributed by atoms with Crippen molar-refractivity contribution in [1.82, 2.24) is 10.2 Å². The van der Waals surface area contributed by atoms with E-state index in [0.717, 1.165) is 6.07 Å². The van der Waals surface area contributed by atoms with Crippen LogP contribution >= 0.6 is 11.6 Å². The molecule has 1 N–H and O–H groups in total. The number of aromatic nitrogens is 2. The minimum Gasteiger partial charge on any atom is -0.408 e. The summed E-state index contributed by atoms with van der Waals surface area (Å²) in [5, 5.41) is 9.61. The number of nitrogens with one attached hydrogen (secondary N) is 1. The summed E-state index contributed by atoms with van der Waals surface area (Å²) in [6.07, 6.45) is 0. The molecule has 0 saturated carbocycles. The van der Waals surface area contributed by atoms with Crippen LogP contribution in [0, 0.1) is 12.7 Å². The quantitative estimate of drug-likeness (QED) is 0.895. The molecule has 0 radical (unpaired) electrons. The summed E-state index contributed by atoms with van der Waals surface area (Å²) in [6.45, 7) is 1.57. The van der Waals surface area contributed by atoms with E-state index in [0.29, 0.717) is 5.89 Å². The molecule has 1 amide bonds. The summed E-state index contributed by atoms with van der Waals surface area (Å²) >= 11 is 5.67. The molecule has 0 spiro atoms. The van der Waals surface area contributed by atoms with Crippen LogP contribution in [-0.4, -0.2) is 16.1 Å². The van der Waals surface area contributed by atoms with E-state index in [9.17, 15) is 9.18 Å². The largest absolute Gasteiger partial charge is 0.408 e. The number of hydrogen-bond donors (Lipinski definition) is 1. The Labute approximate surface area is 101 Å². The van der Waals surface area contributed by atoms with Gasteiger partial charge in [0.1, 0.15) is 5.82 Å². The minimum absolute atomic E-state index is 0.0909. The van der Waals surface area contributed by atoms with Crippen LogP contribution in [0.25, 0.3) is 0 Å². The fourth-order valence-electron chi connectivity index (χ4n) is 1.18. The highest BCUT2D eigenvalue weighted by Gasteiger charge is 2.14. The SMILES string of the molecule is Cc1nnc(NC(=O)c2cc(Cl)ccc2F)o1. The van der Waals surface area contributed by atoms with E-state index >= 15 is 0 Å². The number of hydrogen-bond acceptors (Lipinski definition) is 4. The predicted molar refractivity (Wildman–Crippen MR) is 58.4 cm³/mol. The second kappa shape index (κ2) is 4.50. The van der Waals surface area contributed by atoms with Crippen molar-refractivity contribution in [2.75, 3.05) is 5.32 Å². The van der Waals surface area contributed by atoms with E-state index < -0.39 is 11.7 Å². The van der Waals surface area contributed by atoms with E-state index in [1.807, 2.05) is 0 Å². The Morgan fingerprint density at radius 1 is 1.47 bits per heavy atom. The molecule has 0 fully saturated rings. The molecule has 1 aromatic carbocycles. The van der Waals surface area contributed by atoms with Gasteiger partial charge in [0, 0.05) is 11.9 Å². The molecule has 1 aromatic heterocycles. The normalized spacial score (nSPS) is 10.3. The number of carbonyl (C=O) groups excluding carboxylic acids is 1. The van der Waals surface area contributed by atoms with Gasteiger partial charge < -0.3 is 4.42 Å². The second-order valence-electron chi connectivity index (χ2n) is 3.20. The standard InChI is InChI=1S/C10H7ClFN3O2/c1-5-14-15-10(17-5)13-9(16)7-4-6(11)2-3-8(7)12/h2-4H,1H3,(H,13,15,16). The molecule has 0 aliphatic carbocycles. The second-order valence-corrected chi connectivity index (χ2v) is 3.64. The first-order valence-electron chi connectivity index (χ1n) is 4.63. The minimum atomic E-state index is -0.700. The summed E-state index contributed by atoms with van der Waals surface area (Å²) in [5.74, 6) is -1.08. The maximum Gasteiger partial charge on any atom is 0.322 e. The van der Waals surface area contributed by atoms with Crippen molar-refractivity contribution < 1.29 is 13.6 Å². The first-order valence-corrected chi connectivity index (χ1v) is 5.00. The maximum absolute atomic E-state index is 13.3. The smallest absolute Gasteiger partial charge is 0.322 e. The Hall–Kier alpha value is -1.95. The summed E-state index contributed by atoms with van der Waals surface area (Å²) in [6, 6.07) is 3.59.